The van der Waals surface area contributed by atoms with Gasteiger partial charge in [0.1, 0.15) is 0 Å². The number of aromatic nitrogens is 2. The van der Waals surface area contributed by atoms with Gasteiger partial charge < -0.3 is 10.1 Å². The summed E-state index contributed by atoms with van der Waals surface area (Å²) in [6.07, 6.45) is 1.31. The molecule has 0 fully saturated rings. The van der Waals surface area contributed by atoms with Crippen molar-refractivity contribution in [2.24, 2.45) is 0 Å². The number of anilines is 2. The number of hydrogen-bond acceptors (Lipinski definition) is 4. The molecule has 20 heavy (non-hydrogen) atoms. The van der Waals surface area contributed by atoms with Crippen LogP contribution in [0, 0.1) is 0 Å². The van der Waals surface area contributed by atoms with Crippen LogP contribution in [0.25, 0.3) is 0 Å². The van der Waals surface area contributed by atoms with E-state index in [1.165, 1.54) is 7.11 Å². The summed E-state index contributed by atoms with van der Waals surface area (Å²) in [5, 5.41) is 10.1. The first-order valence-electron chi connectivity index (χ1n) is 6.42. The van der Waals surface area contributed by atoms with Crippen LogP contribution in [-0.4, -0.2) is 23.0 Å². The fourth-order valence-electron chi connectivity index (χ4n) is 1.86. The van der Waals surface area contributed by atoms with Crippen LogP contribution in [0.5, 0.6) is 0 Å². The summed E-state index contributed by atoms with van der Waals surface area (Å²) in [5.74, 6) is 0. The van der Waals surface area contributed by atoms with E-state index in [1.54, 1.807) is 12.3 Å². The second kappa shape index (κ2) is 6.60. The topological polar surface area (TPSA) is 68.2 Å². The molecule has 0 atom stereocenters. The van der Waals surface area contributed by atoms with Crippen molar-refractivity contribution in [2.45, 2.75) is 20.0 Å². The Labute approximate surface area is 117 Å². The van der Waals surface area contributed by atoms with Crippen molar-refractivity contribution >= 4 is 17.5 Å². The number of carbonyl (C=O) groups is 1. The van der Waals surface area contributed by atoms with E-state index < -0.39 is 6.09 Å². The molecule has 6 nitrogen and oxygen atoms in total. The maximum atomic E-state index is 11.2. The molecule has 1 heterocycles. The van der Waals surface area contributed by atoms with Crippen LogP contribution in [0.15, 0.2) is 36.5 Å². The molecule has 0 unspecified atom stereocenters. The van der Waals surface area contributed by atoms with Gasteiger partial charge in [0.25, 0.3) is 0 Å². The van der Waals surface area contributed by atoms with Crippen LogP contribution in [0.3, 0.4) is 0 Å². The number of rotatable bonds is 5. The number of hydrogen-bond donors (Lipinski definition) is 2. The number of methoxy groups -OCH3 is 1. The average Bonchev–Trinajstić information content (AvgIpc) is 2.93. The van der Waals surface area contributed by atoms with Gasteiger partial charge in [-0.05, 0) is 31.2 Å². The van der Waals surface area contributed by atoms with Gasteiger partial charge in [-0.2, -0.15) is 5.10 Å². The zero-order chi connectivity index (χ0) is 14.4. The summed E-state index contributed by atoms with van der Waals surface area (Å²) in [6.45, 7) is 3.57. The molecular weight excluding hydrogens is 256 g/mol. The first-order chi connectivity index (χ1) is 9.72. The highest BCUT2D eigenvalue weighted by molar-refractivity contribution is 5.85. The van der Waals surface area contributed by atoms with Crippen LogP contribution in [0.1, 0.15) is 12.6 Å². The Morgan fingerprint density at radius 2 is 2.15 bits per heavy atom. The molecule has 0 radical (unpaired) electrons. The van der Waals surface area contributed by atoms with Gasteiger partial charge in [-0.1, -0.05) is 6.07 Å². The molecule has 2 aromatic rings. The summed E-state index contributed by atoms with van der Waals surface area (Å²) < 4.78 is 6.50. The zero-order valence-corrected chi connectivity index (χ0v) is 11.6. The molecular formula is C14H18N4O2. The standard InChI is InChI=1S/C14H18N4O2/c1-3-18-13(7-8-16-18)10-15-11-5-4-6-12(9-11)17-14(19)20-2/h4-9,15H,3,10H2,1-2H3,(H,17,19). The van der Waals surface area contributed by atoms with E-state index in [-0.39, 0.29) is 0 Å². The molecule has 1 aromatic heterocycles. The third kappa shape index (κ3) is 3.50. The van der Waals surface area contributed by atoms with Gasteiger partial charge in [-0.3, -0.25) is 10.00 Å². The van der Waals surface area contributed by atoms with Crippen molar-refractivity contribution in [3.63, 3.8) is 0 Å². The van der Waals surface area contributed by atoms with E-state index >= 15 is 0 Å². The van der Waals surface area contributed by atoms with Crippen LogP contribution < -0.4 is 10.6 Å². The summed E-state index contributed by atoms with van der Waals surface area (Å²) in [4.78, 5) is 11.2. The van der Waals surface area contributed by atoms with Gasteiger partial charge >= 0.3 is 6.09 Å². The smallest absolute Gasteiger partial charge is 0.411 e. The van der Waals surface area contributed by atoms with Gasteiger partial charge in [0.15, 0.2) is 0 Å². The highest BCUT2D eigenvalue weighted by atomic mass is 16.5. The maximum Gasteiger partial charge on any atom is 0.411 e. The normalized spacial score (nSPS) is 10.1. The van der Waals surface area contributed by atoms with Gasteiger partial charge in [0, 0.05) is 24.1 Å². The summed E-state index contributed by atoms with van der Waals surface area (Å²) in [7, 11) is 1.34. The van der Waals surface area contributed by atoms with Gasteiger partial charge in [-0.25, -0.2) is 4.79 Å². The number of aryl methyl sites for hydroxylation is 1. The average molecular weight is 274 g/mol. The van der Waals surface area contributed by atoms with E-state index in [1.807, 2.05) is 28.9 Å². The van der Waals surface area contributed by atoms with Crippen LogP contribution in [0.2, 0.25) is 0 Å². The largest absolute Gasteiger partial charge is 0.453 e. The zero-order valence-electron chi connectivity index (χ0n) is 11.6. The highest BCUT2D eigenvalue weighted by Crippen LogP contribution is 2.16. The number of amides is 1. The Morgan fingerprint density at radius 1 is 1.35 bits per heavy atom. The summed E-state index contributed by atoms with van der Waals surface area (Å²) >= 11 is 0. The Balaban J connectivity index is 1.99. The minimum Gasteiger partial charge on any atom is -0.453 e. The number of nitrogens with one attached hydrogen (secondary N) is 2. The second-order valence-electron chi connectivity index (χ2n) is 4.19. The van der Waals surface area contributed by atoms with E-state index in [0.29, 0.717) is 12.2 Å². The molecule has 0 aliphatic rings. The van der Waals surface area contributed by atoms with Crippen LogP contribution >= 0.6 is 0 Å². The van der Waals surface area contributed by atoms with Crippen molar-refractivity contribution < 1.29 is 9.53 Å². The number of benzene rings is 1. The van der Waals surface area contributed by atoms with Crippen molar-refractivity contribution in [1.29, 1.82) is 0 Å². The van der Waals surface area contributed by atoms with Crippen LogP contribution in [-0.2, 0) is 17.8 Å². The minimum absolute atomic E-state index is 0.480. The van der Waals surface area contributed by atoms with E-state index in [9.17, 15) is 4.79 Å². The van der Waals surface area contributed by atoms with E-state index in [4.69, 9.17) is 0 Å². The van der Waals surface area contributed by atoms with Crippen molar-refractivity contribution in [3.05, 3.63) is 42.2 Å². The van der Waals surface area contributed by atoms with E-state index in [2.05, 4.69) is 27.4 Å². The lowest BCUT2D eigenvalue weighted by molar-refractivity contribution is 0.187. The quantitative estimate of drug-likeness (QED) is 0.879. The Morgan fingerprint density at radius 3 is 2.90 bits per heavy atom. The Bertz CT molecular complexity index is 580. The van der Waals surface area contributed by atoms with Crippen LogP contribution in [0.4, 0.5) is 16.2 Å². The molecule has 2 rings (SSSR count). The maximum absolute atomic E-state index is 11.2. The lowest BCUT2D eigenvalue weighted by atomic mass is 10.2. The highest BCUT2D eigenvalue weighted by Gasteiger charge is 2.03. The monoisotopic (exact) mass is 274 g/mol. The van der Waals surface area contributed by atoms with Gasteiger partial charge in [0.2, 0.25) is 0 Å². The fourth-order valence-corrected chi connectivity index (χ4v) is 1.86. The first kappa shape index (κ1) is 13.9. The number of nitrogens with zero attached hydrogens (tertiary/aromatic N) is 2. The molecule has 0 aliphatic heterocycles. The molecule has 0 bridgehead atoms. The Kier molecular flexibility index (Phi) is 4.60. The van der Waals surface area contributed by atoms with Gasteiger partial charge in [0.05, 0.1) is 19.3 Å². The lowest BCUT2D eigenvalue weighted by Gasteiger charge is -2.10. The fraction of sp³-hybridized carbons (Fsp3) is 0.286. The lowest BCUT2D eigenvalue weighted by Crippen LogP contribution is -2.11. The molecule has 106 valence electrons. The predicted molar refractivity (Wildman–Crippen MR) is 77.7 cm³/mol. The van der Waals surface area contributed by atoms with Crippen molar-refractivity contribution in [3.8, 4) is 0 Å². The molecule has 6 heteroatoms. The molecule has 0 aliphatic carbocycles. The molecule has 0 saturated carbocycles. The predicted octanol–water partition coefficient (Wildman–Crippen LogP) is 2.69. The number of ether oxygens (including phenoxy) is 1. The Hall–Kier alpha value is -2.50. The second-order valence-corrected chi connectivity index (χ2v) is 4.19. The molecule has 1 aromatic carbocycles. The van der Waals surface area contributed by atoms with Crippen molar-refractivity contribution in [2.75, 3.05) is 17.7 Å². The molecule has 1 amide bonds. The summed E-state index contributed by atoms with van der Waals surface area (Å²) in [5.41, 5.74) is 2.72. The minimum atomic E-state index is -0.480. The van der Waals surface area contributed by atoms with Crippen molar-refractivity contribution in [1.82, 2.24) is 9.78 Å². The third-order valence-corrected chi connectivity index (χ3v) is 2.87. The third-order valence-electron chi connectivity index (χ3n) is 2.87. The molecule has 2 N–H and O–H groups in total. The SMILES string of the molecule is CCn1nccc1CNc1cccc(NC(=O)OC)c1. The number of carbonyl (C=O) groups excluding carboxylic acids is 1. The molecule has 0 saturated heterocycles. The van der Waals surface area contributed by atoms with E-state index in [0.717, 1.165) is 17.9 Å². The molecule has 0 spiro atoms. The first-order valence-corrected chi connectivity index (χ1v) is 6.42. The van der Waals surface area contributed by atoms with Gasteiger partial charge in [-0.15, -0.1) is 0 Å². The summed E-state index contributed by atoms with van der Waals surface area (Å²) in [6, 6.07) is 9.44.